The molecular weight excluding hydrogens is 591 g/mol. The lowest BCUT2D eigenvalue weighted by atomic mass is 10.0. The molecule has 42 heavy (non-hydrogen) atoms. The predicted molar refractivity (Wildman–Crippen MR) is 157 cm³/mol. The quantitative estimate of drug-likeness (QED) is 0.260. The second kappa shape index (κ2) is 11.6. The average molecular weight is 620 g/mol. The van der Waals surface area contributed by atoms with Crippen LogP contribution in [0.5, 0.6) is 0 Å². The number of esters is 1. The van der Waals surface area contributed by atoms with Gasteiger partial charge in [0.2, 0.25) is 0 Å². The van der Waals surface area contributed by atoms with E-state index in [1.165, 1.54) is 35.7 Å². The van der Waals surface area contributed by atoms with E-state index in [1.54, 1.807) is 36.4 Å². The molecule has 0 spiro atoms. The van der Waals surface area contributed by atoms with Crippen molar-refractivity contribution in [2.45, 2.75) is 24.0 Å². The smallest absolute Gasteiger partial charge is 0.417 e. The van der Waals surface area contributed by atoms with Crippen LogP contribution in [0, 0.1) is 6.92 Å². The molecule has 1 saturated heterocycles. The van der Waals surface area contributed by atoms with E-state index >= 15 is 0 Å². The normalized spacial score (nSPS) is 17.7. The van der Waals surface area contributed by atoms with Crippen LogP contribution in [0.1, 0.15) is 22.3 Å². The molecule has 3 aromatic carbocycles. The number of sulfonamides is 1. The SMILES string of the molecule is COC(=O)CN1CCN2c3ccc(/C=C/c4c(Cl)cccc4C(F)(F)F)cc3N(S(=O)(=O)c3cccc(C)c3)C[C@@H]2C1. The molecule has 2 aliphatic heterocycles. The largest absolute Gasteiger partial charge is 0.468 e. The summed E-state index contributed by atoms with van der Waals surface area (Å²) in [5.41, 5.74) is 1.37. The molecule has 12 heteroatoms. The summed E-state index contributed by atoms with van der Waals surface area (Å²) in [6.45, 7) is 3.61. The van der Waals surface area contributed by atoms with Crippen molar-refractivity contribution in [1.29, 1.82) is 0 Å². The molecule has 0 radical (unpaired) electrons. The molecular formula is C30H29ClF3N3O4S. The van der Waals surface area contributed by atoms with Gasteiger partial charge in [-0.1, -0.05) is 48.0 Å². The number of anilines is 2. The highest BCUT2D eigenvalue weighted by Gasteiger charge is 2.40. The maximum Gasteiger partial charge on any atom is 0.417 e. The Morgan fingerprint density at radius 2 is 1.79 bits per heavy atom. The summed E-state index contributed by atoms with van der Waals surface area (Å²) in [5.74, 6) is -0.368. The lowest BCUT2D eigenvalue weighted by molar-refractivity contribution is -0.142. The summed E-state index contributed by atoms with van der Waals surface area (Å²) in [5, 5.41) is -0.0460. The summed E-state index contributed by atoms with van der Waals surface area (Å²) < 4.78 is 75.1. The standard InChI is InChI=1S/C30H29ClF3N3O4S/c1-20-5-3-6-23(15-20)42(39,40)37-18-22-17-35(19-29(38)41-2)13-14-36(22)27-12-10-21(16-28(27)37)9-11-24-25(30(32,33)34)7-4-8-26(24)31/h3-12,15-16,22H,13-14,17-19H2,1-2H3/b11-9+/t22-/m0/s1. The van der Waals surface area contributed by atoms with Gasteiger partial charge in [0.05, 0.1) is 48.1 Å². The number of alkyl halides is 3. The highest BCUT2D eigenvalue weighted by atomic mass is 35.5. The number of halogens is 4. The van der Waals surface area contributed by atoms with Gasteiger partial charge in [0.1, 0.15) is 0 Å². The van der Waals surface area contributed by atoms with E-state index in [-0.39, 0.29) is 40.6 Å². The fourth-order valence-corrected chi connectivity index (χ4v) is 7.28. The van der Waals surface area contributed by atoms with Crippen molar-refractivity contribution < 1.29 is 31.1 Å². The third-order valence-corrected chi connectivity index (χ3v) is 9.58. The first-order valence-electron chi connectivity index (χ1n) is 13.2. The zero-order valence-electron chi connectivity index (χ0n) is 22.9. The van der Waals surface area contributed by atoms with Gasteiger partial charge >= 0.3 is 12.1 Å². The van der Waals surface area contributed by atoms with Crippen LogP contribution in [0.3, 0.4) is 0 Å². The highest BCUT2D eigenvalue weighted by molar-refractivity contribution is 7.92. The van der Waals surface area contributed by atoms with Crippen LogP contribution in [-0.4, -0.2) is 65.2 Å². The molecule has 0 aromatic heterocycles. The van der Waals surface area contributed by atoms with Crippen LogP contribution in [0.4, 0.5) is 24.5 Å². The molecule has 222 valence electrons. The molecule has 2 heterocycles. The van der Waals surface area contributed by atoms with Crippen molar-refractivity contribution in [3.63, 3.8) is 0 Å². The van der Waals surface area contributed by atoms with Crippen molar-refractivity contribution in [2.24, 2.45) is 0 Å². The van der Waals surface area contributed by atoms with Crippen LogP contribution in [0.25, 0.3) is 12.2 Å². The molecule has 0 bridgehead atoms. The number of nitrogens with zero attached hydrogens (tertiary/aromatic N) is 3. The first kappa shape index (κ1) is 29.9. The third-order valence-electron chi connectivity index (χ3n) is 7.48. The molecule has 7 nitrogen and oxygen atoms in total. The van der Waals surface area contributed by atoms with Gasteiger partial charge in [-0.3, -0.25) is 14.0 Å². The summed E-state index contributed by atoms with van der Waals surface area (Å²) in [6.07, 6.45) is -1.80. The first-order chi connectivity index (χ1) is 19.9. The average Bonchev–Trinajstić information content (AvgIpc) is 2.95. The van der Waals surface area contributed by atoms with E-state index in [0.29, 0.717) is 36.6 Å². The van der Waals surface area contributed by atoms with Crippen molar-refractivity contribution in [3.05, 3.63) is 87.9 Å². The molecule has 0 aliphatic carbocycles. The fraction of sp³-hybridized carbons (Fsp3) is 0.300. The van der Waals surface area contributed by atoms with Gasteiger partial charge in [0, 0.05) is 30.2 Å². The molecule has 2 aliphatic rings. The monoisotopic (exact) mass is 619 g/mol. The van der Waals surface area contributed by atoms with Crippen molar-refractivity contribution in [3.8, 4) is 0 Å². The van der Waals surface area contributed by atoms with Crippen LogP contribution in [0.15, 0.2) is 65.6 Å². The zero-order valence-corrected chi connectivity index (χ0v) is 24.5. The minimum absolute atomic E-state index is 0.0460. The summed E-state index contributed by atoms with van der Waals surface area (Å²) in [6, 6.07) is 15.2. The Balaban J connectivity index is 1.56. The van der Waals surface area contributed by atoms with E-state index in [1.807, 2.05) is 17.9 Å². The Bertz CT molecular complexity index is 1640. The topological polar surface area (TPSA) is 70.2 Å². The van der Waals surface area contributed by atoms with Gasteiger partial charge in [-0.25, -0.2) is 8.42 Å². The summed E-state index contributed by atoms with van der Waals surface area (Å²) >= 11 is 6.13. The van der Waals surface area contributed by atoms with E-state index in [2.05, 4.69) is 4.90 Å². The number of hydrogen-bond donors (Lipinski definition) is 0. The number of carbonyl (C=O) groups excluding carboxylic acids is 1. The van der Waals surface area contributed by atoms with Crippen molar-refractivity contribution >= 4 is 51.1 Å². The molecule has 3 aromatic rings. The van der Waals surface area contributed by atoms with Gasteiger partial charge in [0.15, 0.2) is 0 Å². The second-order valence-corrected chi connectivity index (χ2v) is 12.6. The summed E-state index contributed by atoms with van der Waals surface area (Å²) in [7, 11) is -2.68. The molecule has 1 atom stereocenters. The molecule has 0 saturated carbocycles. The van der Waals surface area contributed by atoms with Gasteiger partial charge in [0.25, 0.3) is 10.0 Å². The van der Waals surface area contributed by atoms with Crippen molar-refractivity contribution in [1.82, 2.24) is 4.90 Å². The molecule has 1 fully saturated rings. The Labute approximate surface area is 247 Å². The zero-order chi connectivity index (χ0) is 30.2. The lowest BCUT2D eigenvalue weighted by Crippen LogP contribution is -2.61. The first-order valence-corrected chi connectivity index (χ1v) is 15.0. The van der Waals surface area contributed by atoms with Crippen LogP contribution in [0.2, 0.25) is 5.02 Å². The second-order valence-electron chi connectivity index (χ2n) is 10.3. The highest BCUT2D eigenvalue weighted by Crippen LogP contribution is 2.41. The van der Waals surface area contributed by atoms with Crippen LogP contribution >= 0.6 is 11.6 Å². The molecule has 0 amide bonds. The number of hydrogen-bond acceptors (Lipinski definition) is 6. The van der Waals surface area contributed by atoms with E-state index in [9.17, 15) is 26.4 Å². The Morgan fingerprint density at radius 3 is 2.50 bits per heavy atom. The number of methoxy groups -OCH3 is 1. The van der Waals surface area contributed by atoms with Gasteiger partial charge in [-0.05, 0) is 54.4 Å². The van der Waals surface area contributed by atoms with Gasteiger partial charge in [-0.2, -0.15) is 13.2 Å². The number of benzene rings is 3. The number of rotatable bonds is 6. The predicted octanol–water partition coefficient (Wildman–Crippen LogP) is 5.71. The third kappa shape index (κ3) is 5.99. The van der Waals surface area contributed by atoms with Gasteiger partial charge < -0.3 is 9.64 Å². The number of ether oxygens (including phenoxy) is 1. The maximum absolute atomic E-state index is 14.0. The summed E-state index contributed by atoms with van der Waals surface area (Å²) in [4.78, 5) is 16.1. The number of carbonyl (C=O) groups is 1. The van der Waals surface area contributed by atoms with E-state index in [4.69, 9.17) is 16.3 Å². The van der Waals surface area contributed by atoms with Crippen LogP contribution < -0.4 is 9.21 Å². The number of piperazine rings is 1. The maximum atomic E-state index is 14.0. The molecule has 0 N–H and O–H groups in total. The Morgan fingerprint density at radius 1 is 1.02 bits per heavy atom. The number of aryl methyl sites for hydroxylation is 1. The van der Waals surface area contributed by atoms with E-state index in [0.717, 1.165) is 11.6 Å². The Kier molecular flexibility index (Phi) is 8.28. The number of fused-ring (bicyclic) bond motifs is 3. The Hall–Kier alpha value is -3.54. The van der Waals surface area contributed by atoms with E-state index < -0.39 is 21.8 Å². The minimum Gasteiger partial charge on any atom is -0.468 e. The molecule has 0 unspecified atom stereocenters. The van der Waals surface area contributed by atoms with Gasteiger partial charge in [-0.15, -0.1) is 0 Å². The van der Waals surface area contributed by atoms with Crippen molar-refractivity contribution in [2.75, 3.05) is 49.0 Å². The minimum atomic E-state index is -4.59. The fourth-order valence-electron chi connectivity index (χ4n) is 5.42. The lowest BCUT2D eigenvalue weighted by Gasteiger charge is -2.49. The van der Waals surface area contributed by atoms with Crippen LogP contribution in [-0.2, 0) is 25.7 Å². The molecule has 5 rings (SSSR count).